The Bertz CT molecular complexity index is 696. The van der Waals surface area contributed by atoms with E-state index in [1.165, 1.54) is 7.11 Å². The highest BCUT2D eigenvalue weighted by atomic mass is 35.5. The fraction of sp³-hybridized carbons (Fsp3) is 0.222. The quantitative estimate of drug-likeness (QED) is 0.763. The summed E-state index contributed by atoms with van der Waals surface area (Å²) in [6.07, 6.45) is 1.13. The van der Waals surface area contributed by atoms with E-state index in [2.05, 4.69) is 5.32 Å². The molecule has 1 amide bonds. The van der Waals surface area contributed by atoms with Crippen molar-refractivity contribution in [2.24, 2.45) is 0 Å². The van der Waals surface area contributed by atoms with Crippen molar-refractivity contribution in [3.8, 4) is 11.1 Å². The molecule has 2 aromatic carbocycles. The Labute approximate surface area is 150 Å². The summed E-state index contributed by atoms with van der Waals surface area (Å²) < 4.78 is 4.73. The molecule has 0 radical (unpaired) electrons. The van der Waals surface area contributed by atoms with Crippen LogP contribution in [0.1, 0.15) is 5.56 Å². The van der Waals surface area contributed by atoms with Crippen LogP contribution in [0.4, 0.5) is 0 Å². The van der Waals surface area contributed by atoms with E-state index in [0.717, 1.165) is 23.0 Å². The van der Waals surface area contributed by atoms with Gasteiger partial charge in [-0.2, -0.15) is 0 Å². The first-order valence-corrected chi connectivity index (χ1v) is 8.06. The second-order valence-electron chi connectivity index (χ2n) is 5.30. The molecule has 0 aromatic heterocycles. The predicted octanol–water partition coefficient (Wildman–Crippen LogP) is 3.53. The van der Waals surface area contributed by atoms with E-state index in [1.807, 2.05) is 36.4 Å². The van der Waals surface area contributed by atoms with E-state index >= 15 is 0 Å². The van der Waals surface area contributed by atoms with Gasteiger partial charge >= 0.3 is 0 Å². The van der Waals surface area contributed by atoms with Crippen LogP contribution in [-0.4, -0.2) is 32.0 Å². The number of benzene rings is 2. The fourth-order valence-electron chi connectivity index (χ4n) is 2.32. The molecular formula is C18H17Cl2NO3. The number of methoxy groups -OCH3 is 1. The van der Waals surface area contributed by atoms with E-state index in [-0.39, 0.29) is 12.5 Å². The van der Waals surface area contributed by atoms with Crippen LogP contribution in [0.2, 0.25) is 10.0 Å². The third kappa shape index (κ3) is 5.34. The first-order valence-electron chi connectivity index (χ1n) is 7.31. The average Bonchev–Trinajstić information content (AvgIpc) is 2.54. The molecule has 4 nitrogen and oxygen atoms in total. The van der Waals surface area contributed by atoms with Crippen molar-refractivity contribution in [2.75, 3.05) is 13.7 Å². The molecule has 0 aliphatic rings. The summed E-state index contributed by atoms with van der Waals surface area (Å²) >= 11 is 12.0. The lowest BCUT2D eigenvalue weighted by Crippen LogP contribution is -2.39. The van der Waals surface area contributed by atoms with Gasteiger partial charge in [0.05, 0.1) is 6.04 Å². The van der Waals surface area contributed by atoms with E-state index in [9.17, 15) is 9.59 Å². The van der Waals surface area contributed by atoms with Gasteiger partial charge in [0.1, 0.15) is 12.9 Å². The highest BCUT2D eigenvalue weighted by Gasteiger charge is 2.12. The number of hydrogen-bond acceptors (Lipinski definition) is 3. The minimum absolute atomic E-state index is 0.0706. The summed E-state index contributed by atoms with van der Waals surface area (Å²) in [5.74, 6) is -0.320. The van der Waals surface area contributed by atoms with Crippen molar-refractivity contribution in [1.29, 1.82) is 0 Å². The Kier molecular flexibility index (Phi) is 6.79. The van der Waals surface area contributed by atoms with Crippen molar-refractivity contribution in [3.05, 3.63) is 58.1 Å². The second-order valence-corrected chi connectivity index (χ2v) is 6.18. The zero-order chi connectivity index (χ0) is 17.5. The van der Waals surface area contributed by atoms with Crippen LogP contribution in [0.25, 0.3) is 11.1 Å². The number of amides is 1. The Morgan fingerprint density at radius 3 is 2.29 bits per heavy atom. The summed E-state index contributed by atoms with van der Waals surface area (Å²) in [6.45, 7) is -0.0706. The monoisotopic (exact) mass is 365 g/mol. The first-order chi connectivity index (χ1) is 11.5. The molecule has 2 aromatic rings. The van der Waals surface area contributed by atoms with Crippen molar-refractivity contribution in [1.82, 2.24) is 5.32 Å². The number of carbonyl (C=O) groups excluding carboxylic acids is 2. The maximum atomic E-state index is 11.5. The van der Waals surface area contributed by atoms with E-state index in [1.54, 1.807) is 6.07 Å². The normalized spacial score (nSPS) is 11.8. The van der Waals surface area contributed by atoms with Crippen LogP contribution in [0.3, 0.4) is 0 Å². The summed E-state index contributed by atoms with van der Waals surface area (Å²) in [7, 11) is 1.43. The van der Waals surface area contributed by atoms with Gasteiger partial charge in [-0.25, -0.2) is 0 Å². The molecule has 1 atom stereocenters. The smallest absolute Gasteiger partial charge is 0.246 e. The van der Waals surface area contributed by atoms with Crippen LogP contribution in [0, 0.1) is 0 Å². The zero-order valence-corrected chi connectivity index (χ0v) is 14.6. The Morgan fingerprint density at radius 1 is 1.12 bits per heavy atom. The molecule has 24 heavy (non-hydrogen) atoms. The molecule has 0 fully saturated rings. The van der Waals surface area contributed by atoms with Gasteiger partial charge < -0.3 is 14.8 Å². The van der Waals surface area contributed by atoms with Crippen LogP contribution in [-0.2, 0) is 20.7 Å². The van der Waals surface area contributed by atoms with Gasteiger partial charge in [-0.15, -0.1) is 0 Å². The average molecular weight is 366 g/mol. The first kappa shape index (κ1) is 18.5. The van der Waals surface area contributed by atoms with Gasteiger partial charge in [0.2, 0.25) is 5.91 Å². The van der Waals surface area contributed by atoms with Gasteiger partial charge in [0, 0.05) is 17.2 Å². The van der Waals surface area contributed by atoms with Crippen molar-refractivity contribution >= 4 is 35.4 Å². The lowest BCUT2D eigenvalue weighted by molar-refractivity contribution is -0.127. The summed E-state index contributed by atoms with van der Waals surface area (Å²) in [5, 5.41) is 3.76. The number of nitrogens with one attached hydrogen (secondary N) is 1. The van der Waals surface area contributed by atoms with Gasteiger partial charge in [-0.3, -0.25) is 4.79 Å². The molecule has 0 bridgehead atoms. The van der Waals surface area contributed by atoms with Gasteiger partial charge in [-0.05, 0) is 41.3 Å². The second kappa shape index (κ2) is 8.83. The van der Waals surface area contributed by atoms with E-state index < -0.39 is 6.04 Å². The summed E-state index contributed by atoms with van der Waals surface area (Å²) in [5.41, 5.74) is 2.82. The fourth-order valence-corrected chi connectivity index (χ4v) is 2.85. The molecule has 6 heteroatoms. The summed E-state index contributed by atoms with van der Waals surface area (Å²) in [6, 6.07) is 12.4. The predicted molar refractivity (Wildman–Crippen MR) is 95.5 cm³/mol. The molecule has 1 N–H and O–H groups in total. The van der Waals surface area contributed by atoms with Crippen LogP contribution < -0.4 is 5.32 Å². The van der Waals surface area contributed by atoms with E-state index in [4.69, 9.17) is 27.9 Å². The maximum absolute atomic E-state index is 11.5. The van der Waals surface area contributed by atoms with Crippen molar-refractivity contribution < 1.29 is 14.3 Å². The Balaban J connectivity index is 2.08. The number of rotatable bonds is 7. The van der Waals surface area contributed by atoms with E-state index in [0.29, 0.717) is 16.5 Å². The Hall–Kier alpha value is -1.88. The topological polar surface area (TPSA) is 55.4 Å². The van der Waals surface area contributed by atoms with Gasteiger partial charge in [0.15, 0.2) is 0 Å². The molecule has 1 unspecified atom stereocenters. The molecule has 0 aliphatic carbocycles. The number of aldehydes is 1. The lowest BCUT2D eigenvalue weighted by Gasteiger charge is -2.13. The molecule has 0 heterocycles. The summed E-state index contributed by atoms with van der Waals surface area (Å²) in [4.78, 5) is 22.6. The van der Waals surface area contributed by atoms with Crippen molar-refractivity contribution in [2.45, 2.75) is 12.5 Å². The molecule has 2 rings (SSSR count). The highest BCUT2D eigenvalue weighted by molar-refractivity contribution is 6.35. The van der Waals surface area contributed by atoms with Crippen LogP contribution in [0.15, 0.2) is 42.5 Å². The Morgan fingerprint density at radius 2 is 1.75 bits per heavy atom. The molecule has 0 saturated carbocycles. The zero-order valence-electron chi connectivity index (χ0n) is 13.1. The third-order valence-corrected chi connectivity index (χ3v) is 3.83. The number of carbonyl (C=O) groups is 2. The number of hydrogen-bond donors (Lipinski definition) is 1. The van der Waals surface area contributed by atoms with Crippen LogP contribution >= 0.6 is 23.2 Å². The SMILES string of the molecule is COCC(=O)NC(C=O)Cc1ccc(-c2cc(Cl)cc(Cl)c2)cc1. The minimum atomic E-state index is -0.584. The lowest BCUT2D eigenvalue weighted by atomic mass is 10.0. The molecular weight excluding hydrogens is 349 g/mol. The highest BCUT2D eigenvalue weighted by Crippen LogP contribution is 2.27. The third-order valence-electron chi connectivity index (χ3n) is 3.39. The number of ether oxygens (including phenoxy) is 1. The molecule has 126 valence electrons. The van der Waals surface area contributed by atoms with Crippen molar-refractivity contribution in [3.63, 3.8) is 0 Å². The molecule has 0 aliphatic heterocycles. The molecule has 0 saturated heterocycles. The number of halogens is 2. The van der Waals surface area contributed by atoms with Gasteiger partial charge in [0.25, 0.3) is 0 Å². The van der Waals surface area contributed by atoms with Crippen LogP contribution in [0.5, 0.6) is 0 Å². The minimum Gasteiger partial charge on any atom is -0.375 e. The standard InChI is InChI=1S/C18H17Cl2NO3/c1-24-11-18(23)21-17(10-22)6-12-2-4-13(5-3-12)14-7-15(19)9-16(20)8-14/h2-5,7-10,17H,6,11H2,1H3,(H,21,23). The van der Waals surface area contributed by atoms with Gasteiger partial charge in [-0.1, -0.05) is 47.5 Å². The largest absolute Gasteiger partial charge is 0.375 e. The maximum Gasteiger partial charge on any atom is 0.246 e. The molecule has 0 spiro atoms.